The first kappa shape index (κ1) is 8.83. The van der Waals surface area contributed by atoms with Gasteiger partial charge < -0.3 is 0 Å². The third-order valence-corrected chi connectivity index (χ3v) is 1.63. The summed E-state index contributed by atoms with van der Waals surface area (Å²) in [6.07, 6.45) is 0.395. The third-order valence-electron chi connectivity index (χ3n) is 1.63. The van der Waals surface area contributed by atoms with Gasteiger partial charge in [0.05, 0.1) is 0 Å². The number of halogens is 3. The van der Waals surface area contributed by atoms with Gasteiger partial charge in [-0.15, -0.1) is 0 Å². The molecular weight excluding hydrogens is 171 g/mol. The van der Waals surface area contributed by atoms with Crippen molar-refractivity contribution in [3.8, 4) is 0 Å². The van der Waals surface area contributed by atoms with E-state index in [0.29, 0.717) is 18.4 Å². The number of amides is 1. The molecule has 0 atom stereocenters. The SMILES string of the molecule is O=C(NF)C(C1=CCC1)=C(F)F. The summed E-state index contributed by atoms with van der Waals surface area (Å²) < 4.78 is 35.6. The topological polar surface area (TPSA) is 29.1 Å². The van der Waals surface area contributed by atoms with Gasteiger partial charge >= 0.3 is 0 Å². The van der Waals surface area contributed by atoms with E-state index in [-0.39, 0.29) is 5.57 Å². The molecule has 12 heavy (non-hydrogen) atoms. The van der Waals surface area contributed by atoms with E-state index in [0.717, 1.165) is 0 Å². The molecule has 0 radical (unpaired) electrons. The van der Waals surface area contributed by atoms with Crippen molar-refractivity contribution in [3.05, 3.63) is 23.3 Å². The fourth-order valence-electron chi connectivity index (χ4n) is 0.916. The number of carbonyl (C=O) groups excluding carboxylic acids is 1. The van der Waals surface area contributed by atoms with Crippen LogP contribution in [-0.2, 0) is 4.79 Å². The van der Waals surface area contributed by atoms with Crippen molar-refractivity contribution >= 4 is 5.91 Å². The van der Waals surface area contributed by atoms with E-state index in [1.807, 2.05) is 0 Å². The average molecular weight is 177 g/mol. The van der Waals surface area contributed by atoms with Crippen molar-refractivity contribution in [3.63, 3.8) is 0 Å². The Morgan fingerprint density at radius 1 is 1.50 bits per heavy atom. The molecule has 1 rings (SSSR count). The zero-order valence-corrected chi connectivity index (χ0v) is 6.03. The third kappa shape index (κ3) is 1.49. The van der Waals surface area contributed by atoms with Crippen molar-refractivity contribution in [2.45, 2.75) is 12.8 Å². The molecule has 2 nitrogen and oxygen atoms in total. The van der Waals surface area contributed by atoms with Crippen LogP contribution in [0, 0.1) is 0 Å². The Kier molecular flexibility index (Phi) is 2.52. The molecule has 0 saturated heterocycles. The minimum Gasteiger partial charge on any atom is -0.266 e. The number of allylic oxidation sites excluding steroid dienone is 1. The lowest BCUT2D eigenvalue weighted by Gasteiger charge is -2.14. The van der Waals surface area contributed by atoms with Gasteiger partial charge in [-0.1, -0.05) is 10.6 Å². The molecule has 0 spiro atoms. The molecule has 1 amide bonds. The van der Waals surface area contributed by atoms with E-state index < -0.39 is 17.6 Å². The Labute approximate surface area is 66.7 Å². The van der Waals surface area contributed by atoms with Gasteiger partial charge in [-0.05, 0) is 18.4 Å². The summed E-state index contributed by atoms with van der Waals surface area (Å²) >= 11 is 0. The molecule has 0 bridgehead atoms. The second kappa shape index (κ2) is 3.42. The molecule has 0 aromatic heterocycles. The highest BCUT2D eigenvalue weighted by atomic mass is 19.3. The van der Waals surface area contributed by atoms with Gasteiger partial charge in [0.1, 0.15) is 5.57 Å². The van der Waals surface area contributed by atoms with E-state index in [1.165, 1.54) is 6.08 Å². The van der Waals surface area contributed by atoms with Crippen LogP contribution in [0.3, 0.4) is 0 Å². The van der Waals surface area contributed by atoms with Crippen LogP contribution < -0.4 is 5.54 Å². The molecule has 0 aromatic rings. The lowest BCUT2D eigenvalue weighted by Crippen LogP contribution is -2.20. The van der Waals surface area contributed by atoms with Crippen molar-refractivity contribution in [2.24, 2.45) is 0 Å². The fourth-order valence-corrected chi connectivity index (χ4v) is 0.916. The van der Waals surface area contributed by atoms with E-state index in [9.17, 15) is 18.1 Å². The number of rotatable bonds is 2. The molecule has 0 aromatic carbocycles. The maximum Gasteiger partial charge on any atom is 0.284 e. The van der Waals surface area contributed by atoms with Crippen molar-refractivity contribution in [1.82, 2.24) is 5.54 Å². The highest BCUT2D eigenvalue weighted by Crippen LogP contribution is 2.28. The highest BCUT2D eigenvalue weighted by molar-refractivity contribution is 5.97. The lowest BCUT2D eigenvalue weighted by atomic mass is 9.92. The Balaban J connectivity index is 2.90. The predicted octanol–water partition coefficient (Wildman–Crippen LogP) is 1.86. The van der Waals surface area contributed by atoms with Gasteiger partial charge in [-0.2, -0.15) is 14.3 Å². The molecule has 5 heteroatoms. The maximum absolute atomic E-state index is 12.0. The van der Waals surface area contributed by atoms with Crippen molar-refractivity contribution < 1.29 is 18.1 Å². The molecule has 0 unspecified atom stereocenters. The highest BCUT2D eigenvalue weighted by Gasteiger charge is 2.23. The summed E-state index contributed by atoms with van der Waals surface area (Å²) in [7, 11) is 0. The van der Waals surface area contributed by atoms with Crippen LogP contribution in [-0.4, -0.2) is 5.91 Å². The van der Waals surface area contributed by atoms with Gasteiger partial charge in [-0.25, -0.2) is 0 Å². The predicted molar refractivity (Wildman–Crippen MR) is 35.8 cm³/mol. The molecule has 0 aliphatic heterocycles. The average Bonchev–Trinajstić information content (AvgIpc) is 1.94. The van der Waals surface area contributed by atoms with Crippen LogP contribution >= 0.6 is 0 Å². The smallest absolute Gasteiger partial charge is 0.266 e. The molecule has 1 aliphatic rings. The first-order chi connectivity index (χ1) is 5.66. The summed E-state index contributed by atoms with van der Waals surface area (Å²) in [5, 5.41) is 0. The maximum atomic E-state index is 12.0. The van der Waals surface area contributed by atoms with Gasteiger partial charge in [0.15, 0.2) is 0 Å². The Hall–Kier alpha value is -1.26. The molecule has 0 saturated carbocycles. The summed E-state index contributed by atoms with van der Waals surface area (Å²) in [4.78, 5) is 10.5. The molecule has 1 N–H and O–H groups in total. The normalized spacial score (nSPS) is 14.4. The Morgan fingerprint density at radius 3 is 2.33 bits per heavy atom. The summed E-state index contributed by atoms with van der Waals surface area (Å²) in [5.41, 5.74) is 0.0611. The van der Waals surface area contributed by atoms with Gasteiger partial charge in [0.2, 0.25) is 0 Å². The molecule has 1 aliphatic carbocycles. The zero-order chi connectivity index (χ0) is 9.14. The van der Waals surface area contributed by atoms with Crippen molar-refractivity contribution in [2.75, 3.05) is 0 Å². The monoisotopic (exact) mass is 177 g/mol. The van der Waals surface area contributed by atoms with Crippen molar-refractivity contribution in [1.29, 1.82) is 0 Å². The Morgan fingerprint density at radius 2 is 2.08 bits per heavy atom. The standard InChI is InChI=1S/C7H6F3NO/c8-6(9)5(7(12)11-10)4-2-1-3-4/h2H,1,3H2,(H,11,12). The van der Waals surface area contributed by atoms with Crippen LogP contribution in [0.2, 0.25) is 0 Å². The number of carbonyl (C=O) groups is 1. The molecule has 0 fully saturated rings. The first-order valence-electron chi connectivity index (χ1n) is 3.32. The minimum atomic E-state index is -2.14. The summed E-state index contributed by atoms with van der Waals surface area (Å²) in [5.74, 6) is -1.37. The lowest BCUT2D eigenvalue weighted by molar-refractivity contribution is -0.121. The number of nitrogens with one attached hydrogen (secondary N) is 1. The van der Waals surface area contributed by atoms with E-state index >= 15 is 0 Å². The molecule has 0 heterocycles. The second-order valence-corrected chi connectivity index (χ2v) is 2.33. The summed E-state index contributed by atoms with van der Waals surface area (Å²) in [6.45, 7) is 0. The Bertz CT molecular complexity index is 266. The van der Waals surface area contributed by atoms with Gasteiger partial charge in [-0.3, -0.25) is 4.79 Å². The van der Waals surface area contributed by atoms with E-state index in [1.54, 1.807) is 0 Å². The second-order valence-electron chi connectivity index (χ2n) is 2.33. The first-order valence-corrected chi connectivity index (χ1v) is 3.32. The van der Waals surface area contributed by atoms with Gasteiger partial charge in [0.25, 0.3) is 12.0 Å². The number of hydrogen-bond acceptors (Lipinski definition) is 1. The van der Waals surface area contributed by atoms with Gasteiger partial charge in [0, 0.05) is 0 Å². The van der Waals surface area contributed by atoms with E-state index in [2.05, 4.69) is 0 Å². The van der Waals surface area contributed by atoms with Crippen LogP contribution in [0.1, 0.15) is 12.8 Å². The van der Waals surface area contributed by atoms with E-state index in [4.69, 9.17) is 0 Å². The van der Waals surface area contributed by atoms with Crippen LogP contribution in [0.5, 0.6) is 0 Å². The minimum absolute atomic E-state index is 0.213. The zero-order valence-electron chi connectivity index (χ0n) is 6.03. The van der Waals surface area contributed by atoms with Crippen LogP contribution in [0.15, 0.2) is 23.3 Å². The molecule has 66 valence electrons. The number of hydrogen-bond donors (Lipinski definition) is 1. The largest absolute Gasteiger partial charge is 0.284 e. The molecular formula is C7H6F3NO. The van der Waals surface area contributed by atoms with Crippen LogP contribution in [0.4, 0.5) is 13.3 Å². The quantitative estimate of drug-likeness (QED) is 0.506. The van der Waals surface area contributed by atoms with Crippen LogP contribution in [0.25, 0.3) is 0 Å². The summed E-state index contributed by atoms with van der Waals surface area (Å²) in [6, 6.07) is 0. The fraction of sp³-hybridized carbons (Fsp3) is 0.286.